The number of esters is 1. The van der Waals surface area contributed by atoms with Crippen molar-refractivity contribution in [1.29, 1.82) is 0 Å². The van der Waals surface area contributed by atoms with Gasteiger partial charge in [0, 0.05) is 17.3 Å². The maximum Gasteiger partial charge on any atom is 0.306 e. The van der Waals surface area contributed by atoms with Gasteiger partial charge in [-0.2, -0.15) is 0 Å². The Labute approximate surface area is 145 Å². The van der Waals surface area contributed by atoms with Gasteiger partial charge in [-0.1, -0.05) is 37.6 Å². The Morgan fingerprint density at radius 3 is 2.67 bits per heavy atom. The summed E-state index contributed by atoms with van der Waals surface area (Å²) in [5, 5.41) is 0. The summed E-state index contributed by atoms with van der Waals surface area (Å²) in [5.41, 5.74) is 2.09. The van der Waals surface area contributed by atoms with Crippen molar-refractivity contribution in [1.82, 2.24) is 0 Å². The first-order valence-corrected chi connectivity index (χ1v) is 10.1. The predicted octanol–water partition coefficient (Wildman–Crippen LogP) is 5.19. The molecule has 5 rings (SSSR count). The van der Waals surface area contributed by atoms with Crippen LogP contribution in [-0.4, -0.2) is 11.6 Å². The van der Waals surface area contributed by atoms with E-state index >= 15 is 0 Å². The second-order valence-corrected chi connectivity index (χ2v) is 9.53. The first kappa shape index (κ1) is 15.2. The molecule has 1 spiro atoms. The molecule has 1 saturated heterocycles. The Balaban J connectivity index is 1.50. The van der Waals surface area contributed by atoms with Crippen molar-refractivity contribution in [3.63, 3.8) is 0 Å². The van der Waals surface area contributed by atoms with Crippen LogP contribution in [0.25, 0.3) is 0 Å². The molecule has 0 aromatic carbocycles. The Morgan fingerprint density at radius 2 is 1.88 bits per heavy atom. The van der Waals surface area contributed by atoms with E-state index in [1.165, 1.54) is 32.1 Å². The molecular weight excluding hydrogens is 296 g/mol. The van der Waals surface area contributed by atoms with Gasteiger partial charge in [-0.15, -0.1) is 0 Å². The lowest BCUT2D eigenvalue weighted by Crippen LogP contribution is -2.54. The number of hydrogen-bond donors (Lipinski definition) is 0. The van der Waals surface area contributed by atoms with Crippen LogP contribution in [0.2, 0.25) is 0 Å². The van der Waals surface area contributed by atoms with E-state index in [1.54, 1.807) is 5.57 Å². The standard InChI is InChI=1S/C22H30O2/c1-20-11-4-3-5-15(20)6-7-16-17(20)8-12-21(2)18(16)9-13-22(21)14-10-19(23)24-22/h4-5,11,16-18H,3,6-10,12-14H2,1-2H3/t16-,17+,18+,20+,21+,22+/m1/s1. The lowest BCUT2D eigenvalue weighted by molar-refractivity contribution is -0.167. The summed E-state index contributed by atoms with van der Waals surface area (Å²) in [4.78, 5) is 11.9. The van der Waals surface area contributed by atoms with Crippen molar-refractivity contribution in [2.45, 2.75) is 77.2 Å². The molecule has 0 aromatic heterocycles. The molecule has 0 aromatic rings. The fraction of sp³-hybridized carbons (Fsp3) is 0.773. The molecule has 130 valence electrons. The van der Waals surface area contributed by atoms with E-state index < -0.39 is 0 Å². The zero-order valence-corrected chi connectivity index (χ0v) is 15.1. The number of hydrogen-bond acceptors (Lipinski definition) is 2. The van der Waals surface area contributed by atoms with E-state index in [1.807, 2.05) is 0 Å². The van der Waals surface area contributed by atoms with Gasteiger partial charge in [0.05, 0.1) is 0 Å². The summed E-state index contributed by atoms with van der Waals surface area (Å²) >= 11 is 0. The lowest BCUT2D eigenvalue weighted by atomic mass is 9.47. The monoisotopic (exact) mass is 326 g/mol. The molecule has 2 heteroatoms. The highest BCUT2D eigenvalue weighted by Gasteiger charge is 2.66. The highest BCUT2D eigenvalue weighted by Crippen LogP contribution is 2.69. The van der Waals surface area contributed by atoms with E-state index in [-0.39, 0.29) is 17.0 Å². The molecule has 0 unspecified atom stereocenters. The van der Waals surface area contributed by atoms with Crippen molar-refractivity contribution in [3.8, 4) is 0 Å². The van der Waals surface area contributed by atoms with Crippen LogP contribution in [0.5, 0.6) is 0 Å². The van der Waals surface area contributed by atoms with Gasteiger partial charge in [0.1, 0.15) is 5.60 Å². The molecule has 1 aliphatic heterocycles. The molecule has 1 heterocycles. The third kappa shape index (κ3) is 1.70. The third-order valence-electron chi connectivity index (χ3n) is 8.94. The van der Waals surface area contributed by atoms with Gasteiger partial charge in [0.25, 0.3) is 0 Å². The van der Waals surface area contributed by atoms with Crippen LogP contribution < -0.4 is 0 Å². The molecule has 0 N–H and O–H groups in total. The normalized spacial score (nSPS) is 52.5. The first-order chi connectivity index (χ1) is 11.5. The fourth-order valence-electron chi connectivity index (χ4n) is 7.63. The first-order valence-electron chi connectivity index (χ1n) is 10.1. The number of carbonyl (C=O) groups excluding carboxylic acids is 1. The summed E-state index contributed by atoms with van der Waals surface area (Å²) in [6.07, 6.45) is 17.7. The molecular formula is C22H30O2. The van der Waals surface area contributed by atoms with Crippen molar-refractivity contribution in [2.75, 3.05) is 0 Å². The smallest absolute Gasteiger partial charge is 0.306 e. The number of ether oxygens (including phenoxy) is 1. The molecule has 5 aliphatic rings. The van der Waals surface area contributed by atoms with Crippen molar-refractivity contribution >= 4 is 5.97 Å². The molecule has 2 nitrogen and oxygen atoms in total. The maximum atomic E-state index is 11.9. The van der Waals surface area contributed by atoms with Crippen LogP contribution in [0.15, 0.2) is 23.8 Å². The number of allylic oxidation sites excluding steroid dienone is 4. The highest BCUT2D eigenvalue weighted by molar-refractivity contribution is 5.72. The summed E-state index contributed by atoms with van der Waals surface area (Å²) in [5.74, 6) is 2.40. The summed E-state index contributed by atoms with van der Waals surface area (Å²) in [6, 6.07) is 0. The fourth-order valence-corrected chi connectivity index (χ4v) is 7.63. The van der Waals surface area contributed by atoms with Gasteiger partial charge >= 0.3 is 5.97 Å². The van der Waals surface area contributed by atoms with Crippen LogP contribution in [0.4, 0.5) is 0 Å². The molecule has 6 atom stereocenters. The Morgan fingerprint density at radius 1 is 1.04 bits per heavy atom. The number of carbonyl (C=O) groups is 1. The Bertz CT molecular complexity index is 646. The molecule has 3 saturated carbocycles. The van der Waals surface area contributed by atoms with E-state index in [9.17, 15) is 4.79 Å². The minimum Gasteiger partial charge on any atom is -0.458 e. The topological polar surface area (TPSA) is 26.3 Å². The second kappa shape index (κ2) is 4.77. The second-order valence-electron chi connectivity index (χ2n) is 9.53. The van der Waals surface area contributed by atoms with E-state index in [0.29, 0.717) is 11.8 Å². The summed E-state index contributed by atoms with van der Waals surface area (Å²) in [6.45, 7) is 4.96. The van der Waals surface area contributed by atoms with Gasteiger partial charge in [-0.05, 0) is 69.1 Å². The quantitative estimate of drug-likeness (QED) is 0.452. The Kier molecular flexibility index (Phi) is 3.02. The average molecular weight is 326 g/mol. The third-order valence-corrected chi connectivity index (χ3v) is 8.94. The van der Waals surface area contributed by atoms with Gasteiger partial charge in [0.2, 0.25) is 0 Å². The van der Waals surface area contributed by atoms with Crippen LogP contribution >= 0.6 is 0 Å². The summed E-state index contributed by atoms with van der Waals surface area (Å²) < 4.78 is 6.03. The maximum absolute atomic E-state index is 11.9. The number of rotatable bonds is 0. The van der Waals surface area contributed by atoms with Crippen molar-refractivity contribution in [2.24, 2.45) is 28.6 Å². The average Bonchev–Trinajstić information content (AvgIpc) is 3.08. The molecule has 0 radical (unpaired) electrons. The minimum atomic E-state index is -0.126. The number of fused-ring (bicyclic) bond motifs is 6. The molecule has 4 aliphatic carbocycles. The van der Waals surface area contributed by atoms with Gasteiger partial charge in [0.15, 0.2) is 0 Å². The minimum absolute atomic E-state index is 0.0510. The van der Waals surface area contributed by atoms with Crippen LogP contribution in [0.3, 0.4) is 0 Å². The van der Waals surface area contributed by atoms with Crippen LogP contribution in [0, 0.1) is 28.6 Å². The molecule has 0 amide bonds. The lowest BCUT2D eigenvalue weighted by Gasteiger charge is -2.58. The van der Waals surface area contributed by atoms with E-state index in [0.717, 1.165) is 37.0 Å². The zero-order valence-electron chi connectivity index (χ0n) is 15.1. The van der Waals surface area contributed by atoms with Gasteiger partial charge in [-0.3, -0.25) is 4.79 Å². The zero-order chi connectivity index (χ0) is 16.6. The van der Waals surface area contributed by atoms with Gasteiger partial charge in [-0.25, -0.2) is 0 Å². The molecule has 24 heavy (non-hydrogen) atoms. The highest BCUT2D eigenvalue weighted by atomic mass is 16.6. The van der Waals surface area contributed by atoms with Crippen LogP contribution in [-0.2, 0) is 9.53 Å². The van der Waals surface area contributed by atoms with Gasteiger partial charge < -0.3 is 4.74 Å². The molecule has 0 bridgehead atoms. The molecule has 4 fully saturated rings. The van der Waals surface area contributed by atoms with E-state index in [4.69, 9.17) is 4.74 Å². The van der Waals surface area contributed by atoms with Crippen LogP contribution in [0.1, 0.15) is 71.6 Å². The summed E-state index contributed by atoms with van der Waals surface area (Å²) in [7, 11) is 0. The SMILES string of the molecule is C[C@]12C=CCC=C1CC[C@@H]1[C@@H]2CC[C@@]2(C)[C@H]1CC[C@]21CCC(=O)O1. The van der Waals surface area contributed by atoms with Crippen molar-refractivity contribution < 1.29 is 9.53 Å². The van der Waals surface area contributed by atoms with E-state index in [2.05, 4.69) is 32.1 Å². The largest absolute Gasteiger partial charge is 0.458 e. The predicted molar refractivity (Wildman–Crippen MR) is 94.3 cm³/mol. The Hall–Kier alpha value is -1.05. The van der Waals surface area contributed by atoms with Crippen molar-refractivity contribution in [3.05, 3.63) is 23.8 Å².